The molecular weight excluding hydrogens is 398 g/mol. The van der Waals surface area contributed by atoms with E-state index in [1.807, 2.05) is 12.4 Å². The van der Waals surface area contributed by atoms with Crippen molar-refractivity contribution in [2.75, 3.05) is 13.7 Å². The molecule has 1 aromatic carbocycles. The Labute approximate surface area is 170 Å². The zero-order valence-corrected chi connectivity index (χ0v) is 16.2. The fourth-order valence-electron chi connectivity index (χ4n) is 2.44. The van der Waals surface area contributed by atoms with Gasteiger partial charge in [0.25, 0.3) is 5.91 Å². The van der Waals surface area contributed by atoms with E-state index in [1.54, 1.807) is 12.1 Å². The second-order valence-corrected chi connectivity index (χ2v) is 5.89. The average Bonchev–Trinajstić information content (AvgIpc) is 2.76. The first kappa shape index (κ1) is 21.1. The maximum atomic E-state index is 14.0. The number of benzene rings is 1. The molecule has 0 unspecified atom stereocenters. The summed E-state index contributed by atoms with van der Waals surface area (Å²) < 4.78 is 38.1. The largest absolute Gasteiger partial charge is 0.497 e. The van der Waals surface area contributed by atoms with Gasteiger partial charge in [0.1, 0.15) is 18.2 Å². The lowest BCUT2D eigenvalue weighted by Gasteiger charge is -2.09. The van der Waals surface area contributed by atoms with Crippen LogP contribution in [0.15, 0.2) is 42.7 Å². The summed E-state index contributed by atoms with van der Waals surface area (Å²) in [5, 5.41) is 0. The number of carbonyl (C=O) groups excluding carboxylic acids is 1. The van der Waals surface area contributed by atoms with E-state index >= 15 is 0 Å². The Balaban J connectivity index is 1.69. The van der Waals surface area contributed by atoms with Crippen LogP contribution in [0.25, 0.3) is 11.3 Å². The maximum absolute atomic E-state index is 14.0. The smallest absolute Gasteiger partial charge is 0.298 e. The van der Waals surface area contributed by atoms with E-state index in [0.29, 0.717) is 23.8 Å². The Morgan fingerprint density at radius 1 is 1.13 bits per heavy atom. The summed E-state index contributed by atoms with van der Waals surface area (Å²) in [5.41, 5.74) is 2.35. The number of aromatic nitrogens is 3. The number of halogens is 2. The highest BCUT2D eigenvalue weighted by Crippen LogP contribution is 2.19. The van der Waals surface area contributed by atoms with E-state index in [0.717, 1.165) is 0 Å². The summed E-state index contributed by atoms with van der Waals surface area (Å²) >= 11 is 0. The van der Waals surface area contributed by atoms with Crippen LogP contribution in [-0.2, 0) is 11.4 Å². The van der Waals surface area contributed by atoms with E-state index in [9.17, 15) is 13.6 Å². The Hall–Kier alpha value is -3.66. The van der Waals surface area contributed by atoms with Crippen LogP contribution >= 0.6 is 0 Å². The van der Waals surface area contributed by atoms with E-state index in [1.165, 1.54) is 37.7 Å². The molecule has 0 saturated heterocycles. The molecule has 0 fully saturated rings. The van der Waals surface area contributed by atoms with Crippen molar-refractivity contribution in [2.45, 2.75) is 13.5 Å². The van der Waals surface area contributed by atoms with Crippen molar-refractivity contribution in [3.63, 3.8) is 0 Å². The molecule has 0 atom stereocenters. The lowest BCUT2D eigenvalue weighted by atomic mass is 10.2. The van der Waals surface area contributed by atoms with Gasteiger partial charge in [0.05, 0.1) is 25.6 Å². The molecule has 0 aliphatic carbocycles. The highest BCUT2D eigenvalue weighted by atomic mass is 19.1. The van der Waals surface area contributed by atoms with E-state index in [4.69, 9.17) is 14.3 Å². The highest BCUT2D eigenvalue weighted by Gasteiger charge is 2.17. The molecule has 0 spiro atoms. The molecule has 30 heavy (non-hydrogen) atoms. The molecule has 2 aromatic heterocycles. The number of hydrogen-bond donors (Lipinski definition) is 1. The number of methoxy groups -OCH3 is 1. The van der Waals surface area contributed by atoms with Crippen molar-refractivity contribution in [3.8, 4) is 22.9 Å². The predicted octanol–water partition coefficient (Wildman–Crippen LogP) is 3.09. The molecule has 2 heterocycles. The summed E-state index contributed by atoms with van der Waals surface area (Å²) in [6, 6.07) is 7.35. The molecule has 0 bridgehead atoms. The minimum atomic E-state index is -1.08. The molecule has 1 amide bonds. The maximum Gasteiger partial charge on any atom is 0.298 e. The fraction of sp³-hybridized carbons (Fsp3) is 0.200. The third-order valence-corrected chi connectivity index (χ3v) is 3.91. The number of nitrogens with one attached hydrogen (secondary N) is 1. The Morgan fingerprint density at radius 3 is 2.67 bits per heavy atom. The number of hydrogen-bond acceptors (Lipinski definition) is 7. The van der Waals surface area contributed by atoms with Crippen LogP contribution in [0.3, 0.4) is 0 Å². The van der Waals surface area contributed by atoms with E-state index in [2.05, 4.69) is 15.0 Å². The number of ether oxygens (including phenoxy) is 2. The third kappa shape index (κ3) is 5.03. The number of rotatable bonds is 8. The summed E-state index contributed by atoms with van der Waals surface area (Å²) in [4.78, 5) is 28.9. The van der Waals surface area contributed by atoms with Gasteiger partial charge in [-0.15, -0.1) is 0 Å². The van der Waals surface area contributed by atoms with Crippen molar-refractivity contribution in [2.24, 2.45) is 0 Å². The van der Waals surface area contributed by atoms with E-state index in [-0.39, 0.29) is 17.9 Å². The SMILES string of the molecule is CCOc1ccc(-c2cnc(F)c(C(=O)NOCc3cc(OC)ccc3F)n2)cn1. The second-order valence-electron chi connectivity index (χ2n) is 5.89. The van der Waals surface area contributed by atoms with Gasteiger partial charge >= 0.3 is 0 Å². The molecule has 0 saturated carbocycles. The summed E-state index contributed by atoms with van der Waals surface area (Å²) in [5.74, 6) is -1.74. The predicted molar refractivity (Wildman–Crippen MR) is 102 cm³/mol. The monoisotopic (exact) mass is 416 g/mol. The van der Waals surface area contributed by atoms with Crippen LogP contribution in [0, 0.1) is 11.8 Å². The minimum Gasteiger partial charge on any atom is -0.497 e. The molecule has 0 aliphatic rings. The second kappa shape index (κ2) is 9.70. The van der Waals surface area contributed by atoms with Gasteiger partial charge in [-0.25, -0.2) is 24.8 Å². The summed E-state index contributed by atoms with van der Waals surface area (Å²) in [6.07, 6.45) is 2.65. The van der Waals surface area contributed by atoms with Gasteiger partial charge in [-0.2, -0.15) is 4.39 Å². The van der Waals surface area contributed by atoms with Crippen molar-refractivity contribution in [1.29, 1.82) is 0 Å². The lowest BCUT2D eigenvalue weighted by molar-refractivity contribution is 0.0215. The first-order chi connectivity index (χ1) is 14.5. The molecule has 1 N–H and O–H groups in total. The van der Waals surface area contributed by atoms with Crippen LogP contribution in [0.5, 0.6) is 11.6 Å². The normalized spacial score (nSPS) is 10.5. The van der Waals surface area contributed by atoms with Gasteiger partial charge in [0.15, 0.2) is 5.69 Å². The molecular formula is C20H18F2N4O4. The lowest BCUT2D eigenvalue weighted by Crippen LogP contribution is -2.26. The zero-order valence-electron chi connectivity index (χ0n) is 16.2. The number of nitrogens with zero attached hydrogens (tertiary/aromatic N) is 3. The van der Waals surface area contributed by atoms with Crippen LogP contribution in [0.2, 0.25) is 0 Å². The quantitative estimate of drug-likeness (QED) is 0.564. The van der Waals surface area contributed by atoms with Crippen molar-refractivity contribution in [3.05, 3.63) is 65.7 Å². The highest BCUT2D eigenvalue weighted by molar-refractivity contribution is 5.91. The average molecular weight is 416 g/mol. The topological polar surface area (TPSA) is 95.5 Å². The zero-order chi connectivity index (χ0) is 21.5. The molecule has 0 radical (unpaired) electrons. The van der Waals surface area contributed by atoms with Gasteiger partial charge in [-0.05, 0) is 31.2 Å². The van der Waals surface area contributed by atoms with Gasteiger partial charge in [-0.1, -0.05) is 0 Å². The number of amides is 1. The third-order valence-electron chi connectivity index (χ3n) is 3.91. The van der Waals surface area contributed by atoms with E-state index < -0.39 is 23.4 Å². The van der Waals surface area contributed by atoms with Gasteiger partial charge in [0.2, 0.25) is 11.8 Å². The van der Waals surface area contributed by atoms with Crippen molar-refractivity contribution in [1.82, 2.24) is 20.4 Å². The van der Waals surface area contributed by atoms with Crippen molar-refractivity contribution >= 4 is 5.91 Å². The molecule has 10 heteroatoms. The first-order valence-corrected chi connectivity index (χ1v) is 8.88. The molecule has 0 aliphatic heterocycles. The molecule has 3 rings (SSSR count). The molecule has 8 nitrogen and oxygen atoms in total. The van der Waals surface area contributed by atoms with Crippen molar-refractivity contribution < 1.29 is 27.9 Å². The van der Waals surface area contributed by atoms with Crippen LogP contribution in [-0.4, -0.2) is 34.6 Å². The number of pyridine rings is 1. The van der Waals surface area contributed by atoms with Crippen LogP contribution in [0.1, 0.15) is 23.0 Å². The standard InChI is InChI=1S/C20H18F2N4O4/c1-3-29-17-7-4-12(9-23-17)16-10-24-19(22)18(25-16)20(27)26-30-11-13-8-14(28-2)5-6-15(13)21/h4-10H,3,11H2,1-2H3,(H,26,27). The fourth-order valence-corrected chi connectivity index (χ4v) is 2.44. The molecule has 156 valence electrons. The minimum absolute atomic E-state index is 0.149. The number of hydroxylamine groups is 1. The van der Waals surface area contributed by atoms with Crippen LogP contribution < -0.4 is 15.0 Å². The Kier molecular flexibility index (Phi) is 6.81. The summed E-state index contributed by atoms with van der Waals surface area (Å²) in [6.45, 7) is 2.00. The van der Waals surface area contributed by atoms with Gasteiger partial charge < -0.3 is 9.47 Å². The Bertz CT molecular complexity index is 1030. The van der Waals surface area contributed by atoms with Crippen LogP contribution in [0.4, 0.5) is 8.78 Å². The van der Waals surface area contributed by atoms with Gasteiger partial charge in [-0.3, -0.25) is 9.63 Å². The van der Waals surface area contributed by atoms with Gasteiger partial charge in [0, 0.05) is 23.4 Å². The Morgan fingerprint density at radius 2 is 1.97 bits per heavy atom. The summed E-state index contributed by atoms with van der Waals surface area (Å²) in [7, 11) is 1.44. The molecule has 3 aromatic rings. The number of carbonyl (C=O) groups is 1. The first-order valence-electron chi connectivity index (χ1n) is 8.88.